The van der Waals surface area contributed by atoms with E-state index in [2.05, 4.69) is 29.6 Å². The summed E-state index contributed by atoms with van der Waals surface area (Å²) in [6.07, 6.45) is 7.64. The fraction of sp³-hybridized carbons (Fsp3) is 0.345. The number of rotatable bonds is 7. The van der Waals surface area contributed by atoms with Gasteiger partial charge in [0.1, 0.15) is 11.1 Å². The number of carbonyl (C=O) groups is 2. The second-order valence-electron chi connectivity index (χ2n) is 9.15. The third-order valence-corrected chi connectivity index (χ3v) is 6.79. The largest absolute Gasteiger partial charge is 0.355 e. The van der Waals surface area contributed by atoms with Crippen LogP contribution < -0.4 is 10.7 Å². The highest BCUT2D eigenvalue weighted by Crippen LogP contribution is 2.28. The first-order valence-electron chi connectivity index (χ1n) is 12.4. The minimum atomic E-state index is -0.502. The highest BCUT2D eigenvalue weighted by atomic mass is 16.2. The van der Waals surface area contributed by atoms with Crippen molar-refractivity contribution in [2.24, 2.45) is 0 Å². The molecule has 35 heavy (non-hydrogen) atoms. The molecule has 0 aliphatic carbocycles. The Kier molecular flexibility index (Phi) is 8.14. The van der Waals surface area contributed by atoms with Crippen molar-refractivity contribution in [3.05, 3.63) is 106 Å². The van der Waals surface area contributed by atoms with Gasteiger partial charge >= 0.3 is 0 Å². The van der Waals surface area contributed by atoms with Crippen LogP contribution in [0.4, 0.5) is 0 Å². The van der Waals surface area contributed by atoms with Crippen molar-refractivity contribution in [1.82, 2.24) is 14.8 Å². The summed E-state index contributed by atoms with van der Waals surface area (Å²) in [5.41, 5.74) is 2.11. The molecule has 1 N–H and O–H groups in total. The number of pyridine rings is 1. The van der Waals surface area contributed by atoms with Gasteiger partial charge in [-0.15, -0.1) is 0 Å². The molecule has 0 radical (unpaired) electrons. The van der Waals surface area contributed by atoms with Crippen molar-refractivity contribution in [2.75, 3.05) is 20.1 Å². The molecule has 2 aromatic carbocycles. The van der Waals surface area contributed by atoms with E-state index in [0.717, 1.165) is 32.1 Å². The molecule has 2 amide bonds. The molecular weight excluding hydrogens is 438 g/mol. The second kappa shape index (κ2) is 11.6. The Balaban J connectivity index is 1.52. The van der Waals surface area contributed by atoms with E-state index in [1.165, 1.54) is 18.2 Å². The standard InChI is InChI=1S/C29H33N3O3/c1-30-28(34)25-20-31(17-8-12-22-10-4-2-5-11-22)21-26(27(25)33)29(35)32-18-9-15-24(16-19-32)23-13-6-3-7-14-23/h2-7,10-11,13-14,20-21,24H,8-9,12,15-19H2,1H3,(H,30,34)/t24-/m0/s1. The normalized spacial score (nSPS) is 15.9. The smallest absolute Gasteiger partial charge is 0.259 e. The van der Waals surface area contributed by atoms with E-state index in [-0.39, 0.29) is 17.0 Å². The molecule has 2 heterocycles. The van der Waals surface area contributed by atoms with Crippen LogP contribution in [0.15, 0.2) is 77.9 Å². The lowest BCUT2D eigenvalue weighted by atomic mass is 9.92. The molecule has 182 valence electrons. The van der Waals surface area contributed by atoms with Crippen molar-refractivity contribution in [3.63, 3.8) is 0 Å². The summed E-state index contributed by atoms with van der Waals surface area (Å²) in [5.74, 6) is -0.353. The third kappa shape index (κ3) is 6.07. The van der Waals surface area contributed by atoms with Crippen LogP contribution in [0.5, 0.6) is 0 Å². The van der Waals surface area contributed by atoms with Crippen molar-refractivity contribution in [1.29, 1.82) is 0 Å². The lowest BCUT2D eigenvalue weighted by Gasteiger charge is -2.21. The van der Waals surface area contributed by atoms with Crippen LogP contribution in [-0.4, -0.2) is 41.4 Å². The molecule has 0 saturated carbocycles. The number of aromatic nitrogens is 1. The maximum Gasteiger partial charge on any atom is 0.259 e. The molecule has 6 nitrogen and oxygen atoms in total. The topological polar surface area (TPSA) is 71.4 Å². The zero-order chi connectivity index (χ0) is 24.6. The zero-order valence-corrected chi connectivity index (χ0v) is 20.3. The van der Waals surface area contributed by atoms with Crippen LogP contribution in [0.1, 0.15) is 63.4 Å². The summed E-state index contributed by atoms with van der Waals surface area (Å²) in [7, 11) is 1.49. The number of nitrogens with zero attached hydrogens (tertiary/aromatic N) is 2. The van der Waals surface area contributed by atoms with Crippen LogP contribution in [-0.2, 0) is 13.0 Å². The Labute approximate surface area is 206 Å². The average Bonchev–Trinajstić information content (AvgIpc) is 3.16. The molecular formula is C29H33N3O3. The number of aryl methyl sites for hydroxylation is 2. The molecule has 1 atom stereocenters. The number of hydrogen-bond donors (Lipinski definition) is 1. The van der Waals surface area contributed by atoms with E-state index in [1.54, 1.807) is 17.3 Å². The van der Waals surface area contributed by atoms with Crippen LogP contribution >= 0.6 is 0 Å². The Morgan fingerprint density at radius 1 is 0.914 bits per heavy atom. The molecule has 0 bridgehead atoms. The first-order chi connectivity index (χ1) is 17.1. The molecule has 3 aromatic rings. The molecule has 0 unspecified atom stereocenters. The summed E-state index contributed by atoms with van der Waals surface area (Å²) in [4.78, 5) is 40.9. The molecule has 4 rings (SSSR count). The number of carbonyl (C=O) groups excluding carboxylic acids is 2. The third-order valence-electron chi connectivity index (χ3n) is 6.79. The maximum atomic E-state index is 13.5. The number of amides is 2. The summed E-state index contributed by atoms with van der Waals surface area (Å²) in [6.45, 7) is 1.81. The minimum absolute atomic E-state index is 0.00930. The summed E-state index contributed by atoms with van der Waals surface area (Å²) >= 11 is 0. The van der Waals surface area contributed by atoms with Crippen LogP contribution in [0.25, 0.3) is 0 Å². The van der Waals surface area contributed by atoms with Crippen LogP contribution in [0.3, 0.4) is 0 Å². The van der Waals surface area contributed by atoms with E-state index in [4.69, 9.17) is 0 Å². The van der Waals surface area contributed by atoms with Crippen molar-refractivity contribution in [2.45, 2.75) is 44.6 Å². The van der Waals surface area contributed by atoms with Gasteiger partial charge in [-0.1, -0.05) is 60.7 Å². The summed E-state index contributed by atoms with van der Waals surface area (Å²) in [6, 6.07) is 20.6. The van der Waals surface area contributed by atoms with Crippen molar-refractivity contribution in [3.8, 4) is 0 Å². The van der Waals surface area contributed by atoms with E-state index in [1.807, 2.05) is 41.0 Å². The SMILES string of the molecule is CNC(=O)c1cn(CCCc2ccccc2)cc(C(=O)N2CCC[C@H](c3ccccc3)CC2)c1=O. The van der Waals surface area contributed by atoms with Gasteiger partial charge in [0.15, 0.2) is 0 Å². The fourth-order valence-corrected chi connectivity index (χ4v) is 4.85. The van der Waals surface area contributed by atoms with Gasteiger partial charge in [-0.05, 0) is 49.1 Å². The van der Waals surface area contributed by atoms with E-state index < -0.39 is 11.3 Å². The average molecular weight is 472 g/mol. The quantitative estimate of drug-likeness (QED) is 0.560. The zero-order valence-electron chi connectivity index (χ0n) is 20.3. The van der Waals surface area contributed by atoms with Gasteiger partial charge in [0, 0.05) is 39.1 Å². The Bertz CT molecular complexity index is 1200. The maximum absolute atomic E-state index is 13.5. The molecule has 6 heteroatoms. The summed E-state index contributed by atoms with van der Waals surface area (Å²) < 4.78 is 1.81. The molecule has 0 spiro atoms. The number of likely N-dealkylation sites (tertiary alicyclic amines) is 1. The van der Waals surface area contributed by atoms with E-state index in [0.29, 0.717) is 25.6 Å². The Morgan fingerprint density at radius 3 is 2.31 bits per heavy atom. The van der Waals surface area contributed by atoms with Crippen molar-refractivity contribution < 1.29 is 9.59 Å². The van der Waals surface area contributed by atoms with Gasteiger partial charge in [-0.3, -0.25) is 14.4 Å². The van der Waals surface area contributed by atoms with E-state index in [9.17, 15) is 14.4 Å². The number of hydrogen-bond acceptors (Lipinski definition) is 3. The lowest BCUT2D eigenvalue weighted by Crippen LogP contribution is -2.38. The second-order valence-corrected chi connectivity index (χ2v) is 9.15. The molecule has 1 saturated heterocycles. The minimum Gasteiger partial charge on any atom is -0.355 e. The van der Waals surface area contributed by atoms with Gasteiger partial charge in [-0.25, -0.2) is 0 Å². The molecule has 1 aromatic heterocycles. The molecule has 1 aliphatic heterocycles. The summed E-state index contributed by atoms with van der Waals surface area (Å²) in [5, 5.41) is 2.53. The van der Waals surface area contributed by atoms with Gasteiger partial charge in [0.05, 0.1) is 0 Å². The fourth-order valence-electron chi connectivity index (χ4n) is 4.85. The highest BCUT2D eigenvalue weighted by molar-refractivity contribution is 5.99. The van der Waals surface area contributed by atoms with Gasteiger partial charge < -0.3 is 14.8 Å². The Hall–Kier alpha value is -3.67. The van der Waals surface area contributed by atoms with Gasteiger partial charge in [0.25, 0.3) is 11.8 Å². The first kappa shape index (κ1) is 24.5. The van der Waals surface area contributed by atoms with Gasteiger partial charge in [0.2, 0.25) is 5.43 Å². The lowest BCUT2D eigenvalue weighted by molar-refractivity contribution is 0.0758. The molecule has 1 aliphatic rings. The first-order valence-corrected chi connectivity index (χ1v) is 12.4. The number of benzene rings is 2. The monoisotopic (exact) mass is 471 g/mol. The highest BCUT2D eigenvalue weighted by Gasteiger charge is 2.26. The molecule has 1 fully saturated rings. The van der Waals surface area contributed by atoms with Crippen LogP contribution in [0.2, 0.25) is 0 Å². The van der Waals surface area contributed by atoms with Crippen LogP contribution in [0, 0.1) is 0 Å². The predicted molar refractivity (Wildman–Crippen MR) is 138 cm³/mol. The van der Waals surface area contributed by atoms with Gasteiger partial charge in [-0.2, -0.15) is 0 Å². The Morgan fingerprint density at radius 2 is 1.60 bits per heavy atom. The van der Waals surface area contributed by atoms with E-state index >= 15 is 0 Å². The number of nitrogens with one attached hydrogen (secondary N) is 1. The van der Waals surface area contributed by atoms with Crippen molar-refractivity contribution >= 4 is 11.8 Å². The predicted octanol–water partition coefficient (Wildman–Crippen LogP) is 4.25.